The van der Waals surface area contributed by atoms with Crippen molar-refractivity contribution in [2.45, 2.75) is 40.3 Å². The molecule has 2 aromatic carbocycles. The monoisotopic (exact) mass is 269 g/mol. The van der Waals surface area contributed by atoms with E-state index in [0.717, 1.165) is 12.3 Å². The molecule has 0 atom stereocenters. The minimum absolute atomic E-state index is 0.206. The second-order valence-electron chi connectivity index (χ2n) is 5.49. The Morgan fingerprint density at radius 3 is 2.55 bits per heavy atom. The molecule has 0 saturated heterocycles. The van der Waals surface area contributed by atoms with Gasteiger partial charge in [0.1, 0.15) is 5.75 Å². The summed E-state index contributed by atoms with van der Waals surface area (Å²) in [5.74, 6) is 0.930. The fourth-order valence-corrected chi connectivity index (χ4v) is 2.21. The van der Waals surface area contributed by atoms with Gasteiger partial charge in [0.25, 0.3) is 0 Å². The molecule has 0 aliphatic carbocycles. The van der Waals surface area contributed by atoms with Crippen molar-refractivity contribution in [3.8, 4) is 5.75 Å². The predicted molar refractivity (Wildman–Crippen MR) is 85.4 cm³/mol. The van der Waals surface area contributed by atoms with Gasteiger partial charge >= 0.3 is 0 Å². The number of rotatable bonds is 5. The smallest absolute Gasteiger partial charge is 0.120 e. The molecular weight excluding hydrogens is 246 g/mol. The zero-order valence-electron chi connectivity index (χ0n) is 12.7. The molecule has 0 amide bonds. The van der Waals surface area contributed by atoms with E-state index in [2.05, 4.69) is 49.5 Å². The van der Waals surface area contributed by atoms with Crippen LogP contribution in [0.4, 0.5) is 5.69 Å². The van der Waals surface area contributed by atoms with Crippen molar-refractivity contribution in [2.75, 3.05) is 5.32 Å². The van der Waals surface area contributed by atoms with Crippen molar-refractivity contribution in [1.29, 1.82) is 0 Å². The van der Waals surface area contributed by atoms with Crippen molar-refractivity contribution in [3.05, 3.63) is 59.2 Å². The molecule has 0 spiro atoms. The molecule has 2 aromatic rings. The first-order chi connectivity index (χ1) is 9.54. The zero-order valence-corrected chi connectivity index (χ0v) is 12.7. The standard InChI is InChI=1S/C18H23NO/c1-13(2)20-17-7-5-6-16(11-17)12-19-18-9-8-14(3)10-15(18)4/h5-11,13,19H,12H2,1-4H3. The van der Waals surface area contributed by atoms with Gasteiger partial charge in [0.05, 0.1) is 6.10 Å². The molecule has 1 N–H and O–H groups in total. The average molecular weight is 269 g/mol. The Morgan fingerprint density at radius 2 is 1.85 bits per heavy atom. The van der Waals surface area contributed by atoms with Crippen LogP contribution in [0, 0.1) is 13.8 Å². The summed E-state index contributed by atoms with van der Waals surface area (Å²) < 4.78 is 5.72. The van der Waals surface area contributed by atoms with E-state index in [0.29, 0.717) is 0 Å². The molecule has 0 unspecified atom stereocenters. The van der Waals surface area contributed by atoms with Crippen molar-refractivity contribution < 1.29 is 4.74 Å². The van der Waals surface area contributed by atoms with E-state index in [9.17, 15) is 0 Å². The molecule has 20 heavy (non-hydrogen) atoms. The van der Waals surface area contributed by atoms with Gasteiger partial charge in [-0.3, -0.25) is 0 Å². The van der Waals surface area contributed by atoms with Gasteiger partial charge in [-0.15, -0.1) is 0 Å². The van der Waals surface area contributed by atoms with Crippen molar-refractivity contribution in [1.82, 2.24) is 0 Å². The van der Waals surface area contributed by atoms with Crippen LogP contribution >= 0.6 is 0 Å². The van der Waals surface area contributed by atoms with Crippen molar-refractivity contribution >= 4 is 5.69 Å². The van der Waals surface area contributed by atoms with Gasteiger partial charge < -0.3 is 10.1 Å². The third-order valence-electron chi connectivity index (χ3n) is 3.14. The first-order valence-corrected chi connectivity index (χ1v) is 7.11. The fraction of sp³-hybridized carbons (Fsp3) is 0.333. The van der Waals surface area contributed by atoms with Crippen LogP contribution in [0.1, 0.15) is 30.5 Å². The first-order valence-electron chi connectivity index (χ1n) is 7.11. The second-order valence-corrected chi connectivity index (χ2v) is 5.49. The minimum atomic E-state index is 0.206. The maximum Gasteiger partial charge on any atom is 0.120 e. The Kier molecular flexibility index (Phi) is 4.67. The molecule has 2 rings (SSSR count). The highest BCUT2D eigenvalue weighted by Crippen LogP contribution is 2.19. The summed E-state index contributed by atoms with van der Waals surface area (Å²) in [6.07, 6.45) is 0.206. The van der Waals surface area contributed by atoms with Gasteiger partial charge in [-0.2, -0.15) is 0 Å². The Hall–Kier alpha value is -1.96. The van der Waals surface area contributed by atoms with Gasteiger partial charge in [-0.1, -0.05) is 29.8 Å². The van der Waals surface area contributed by atoms with Crippen molar-refractivity contribution in [2.24, 2.45) is 0 Å². The molecule has 106 valence electrons. The lowest BCUT2D eigenvalue weighted by Crippen LogP contribution is -2.06. The molecule has 2 heteroatoms. The highest BCUT2D eigenvalue weighted by molar-refractivity contribution is 5.52. The van der Waals surface area contributed by atoms with Crippen LogP contribution < -0.4 is 10.1 Å². The predicted octanol–water partition coefficient (Wildman–Crippen LogP) is 4.70. The molecule has 0 bridgehead atoms. The number of aryl methyl sites for hydroxylation is 2. The van der Waals surface area contributed by atoms with Gasteiger partial charge in [-0.25, -0.2) is 0 Å². The third-order valence-corrected chi connectivity index (χ3v) is 3.14. The molecular formula is C18H23NO. The Bertz CT molecular complexity index is 575. The molecule has 0 fully saturated rings. The quantitative estimate of drug-likeness (QED) is 0.849. The summed E-state index contributed by atoms with van der Waals surface area (Å²) in [5, 5.41) is 3.48. The molecule has 0 aromatic heterocycles. The molecule has 0 aliphatic rings. The summed E-state index contributed by atoms with van der Waals surface area (Å²) in [6, 6.07) is 14.7. The summed E-state index contributed by atoms with van der Waals surface area (Å²) in [7, 11) is 0. The molecule has 0 heterocycles. The molecule has 2 nitrogen and oxygen atoms in total. The van der Waals surface area contributed by atoms with E-state index in [1.807, 2.05) is 26.0 Å². The van der Waals surface area contributed by atoms with E-state index in [1.165, 1.54) is 22.4 Å². The van der Waals surface area contributed by atoms with Crippen LogP contribution in [-0.4, -0.2) is 6.10 Å². The Balaban J connectivity index is 2.03. The number of nitrogens with one attached hydrogen (secondary N) is 1. The maximum absolute atomic E-state index is 5.72. The lowest BCUT2D eigenvalue weighted by molar-refractivity contribution is 0.242. The SMILES string of the molecule is Cc1ccc(NCc2cccc(OC(C)C)c2)c(C)c1. The maximum atomic E-state index is 5.72. The van der Waals surface area contributed by atoms with E-state index in [4.69, 9.17) is 4.74 Å². The number of benzene rings is 2. The first kappa shape index (κ1) is 14.4. The normalized spacial score (nSPS) is 10.7. The highest BCUT2D eigenvalue weighted by Gasteiger charge is 2.01. The van der Waals surface area contributed by atoms with Crippen LogP contribution in [-0.2, 0) is 6.54 Å². The Labute approximate surface area is 121 Å². The third kappa shape index (κ3) is 4.02. The minimum Gasteiger partial charge on any atom is -0.491 e. The van der Waals surface area contributed by atoms with Gasteiger partial charge in [0, 0.05) is 12.2 Å². The topological polar surface area (TPSA) is 21.3 Å². The zero-order chi connectivity index (χ0) is 14.5. The lowest BCUT2D eigenvalue weighted by Gasteiger charge is -2.13. The van der Waals surface area contributed by atoms with Gasteiger partial charge in [0.2, 0.25) is 0 Å². The number of hydrogen-bond donors (Lipinski definition) is 1. The average Bonchev–Trinajstić information content (AvgIpc) is 2.37. The number of anilines is 1. The number of ether oxygens (including phenoxy) is 1. The van der Waals surface area contributed by atoms with E-state index < -0.39 is 0 Å². The summed E-state index contributed by atoms with van der Waals surface area (Å²) in [4.78, 5) is 0. The van der Waals surface area contributed by atoms with Crippen LogP contribution in [0.15, 0.2) is 42.5 Å². The lowest BCUT2D eigenvalue weighted by atomic mass is 10.1. The van der Waals surface area contributed by atoms with E-state index in [-0.39, 0.29) is 6.10 Å². The van der Waals surface area contributed by atoms with Gasteiger partial charge in [0.15, 0.2) is 0 Å². The molecule has 0 radical (unpaired) electrons. The van der Waals surface area contributed by atoms with E-state index in [1.54, 1.807) is 0 Å². The van der Waals surface area contributed by atoms with Crippen LogP contribution in [0.2, 0.25) is 0 Å². The second kappa shape index (κ2) is 6.47. The summed E-state index contributed by atoms with van der Waals surface area (Å²) in [6.45, 7) is 9.14. The van der Waals surface area contributed by atoms with Gasteiger partial charge in [-0.05, 0) is 57.0 Å². The summed E-state index contributed by atoms with van der Waals surface area (Å²) >= 11 is 0. The fourth-order valence-electron chi connectivity index (χ4n) is 2.21. The highest BCUT2D eigenvalue weighted by atomic mass is 16.5. The van der Waals surface area contributed by atoms with Crippen molar-refractivity contribution in [3.63, 3.8) is 0 Å². The summed E-state index contributed by atoms with van der Waals surface area (Å²) in [5.41, 5.74) is 4.98. The van der Waals surface area contributed by atoms with Crippen LogP contribution in [0.25, 0.3) is 0 Å². The van der Waals surface area contributed by atoms with Crippen LogP contribution in [0.5, 0.6) is 5.75 Å². The largest absolute Gasteiger partial charge is 0.491 e. The molecule has 0 aliphatic heterocycles. The number of hydrogen-bond acceptors (Lipinski definition) is 2. The Morgan fingerprint density at radius 1 is 1.05 bits per heavy atom. The molecule has 0 saturated carbocycles. The van der Waals surface area contributed by atoms with Crippen LogP contribution in [0.3, 0.4) is 0 Å². The van der Waals surface area contributed by atoms with E-state index >= 15 is 0 Å².